The van der Waals surface area contributed by atoms with E-state index in [4.69, 9.17) is 11.6 Å². The highest BCUT2D eigenvalue weighted by molar-refractivity contribution is 7.89. The van der Waals surface area contributed by atoms with E-state index in [1.165, 1.54) is 15.2 Å². The van der Waals surface area contributed by atoms with E-state index in [0.29, 0.717) is 12.5 Å². The number of rotatable bonds is 2. The number of halogens is 1. The lowest BCUT2D eigenvalue weighted by Crippen LogP contribution is -2.46. The maximum atomic E-state index is 12.5. The third-order valence-electron chi connectivity index (χ3n) is 3.70. The Bertz CT molecular complexity index is 540. The van der Waals surface area contributed by atoms with Crippen molar-refractivity contribution in [2.75, 3.05) is 6.54 Å². The van der Waals surface area contributed by atoms with Crippen molar-refractivity contribution in [1.29, 1.82) is 0 Å². The molecule has 0 N–H and O–H groups in total. The van der Waals surface area contributed by atoms with E-state index in [1.807, 2.05) is 6.92 Å². The summed E-state index contributed by atoms with van der Waals surface area (Å²) in [6.45, 7) is 4.56. The molecule has 2 heterocycles. The number of aryl methyl sites for hydroxylation is 1. The number of hydrogen-bond donors (Lipinski definition) is 0. The standard InChI is InChI=1S/C11H18ClN3O2S/c1-8-5-4-6-15(9(8)2)18(16,17)11-10(12)14(3)7-13-11/h7-9H,4-6H2,1-3H3. The quantitative estimate of drug-likeness (QED) is 0.836. The third-order valence-corrected chi connectivity index (χ3v) is 6.18. The Kier molecular flexibility index (Phi) is 3.71. The van der Waals surface area contributed by atoms with Gasteiger partial charge in [-0.05, 0) is 25.7 Å². The summed E-state index contributed by atoms with van der Waals surface area (Å²) in [6.07, 6.45) is 3.37. The molecule has 5 nitrogen and oxygen atoms in total. The van der Waals surface area contributed by atoms with Gasteiger partial charge in [0.05, 0.1) is 6.33 Å². The van der Waals surface area contributed by atoms with Crippen LogP contribution in [0.3, 0.4) is 0 Å². The van der Waals surface area contributed by atoms with Gasteiger partial charge in [0.15, 0.2) is 0 Å². The molecule has 0 bridgehead atoms. The smallest absolute Gasteiger partial charge is 0.263 e. The molecule has 1 saturated heterocycles. The molecule has 1 aliphatic rings. The SMILES string of the molecule is CC1CCCN(S(=O)(=O)c2ncn(C)c2Cl)C1C. The van der Waals surface area contributed by atoms with Gasteiger partial charge in [0.2, 0.25) is 5.03 Å². The molecule has 1 aliphatic heterocycles. The predicted octanol–water partition coefficient (Wildman–Crippen LogP) is 1.88. The van der Waals surface area contributed by atoms with Crippen molar-refractivity contribution in [3.63, 3.8) is 0 Å². The van der Waals surface area contributed by atoms with Gasteiger partial charge in [0.1, 0.15) is 5.15 Å². The van der Waals surface area contributed by atoms with E-state index in [-0.39, 0.29) is 16.2 Å². The zero-order valence-corrected chi connectivity index (χ0v) is 12.4. The molecule has 2 rings (SSSR count). The van der Waals surface area contributed by atoms with Gasteiger partial charge in [0, 0.05) is 19.6 Å². The Morgan fingerprint density at radius 1 is 1.44 bits per heavy atom. The first kappa shape index (κ1) is 13.8. The topological polar surface area (TPSA) is 55.2 Å². The minimum atomic E-state index is -3.58. The van der Waals surface area contributed by atoms with Crippen molar-refractivity contribution in [3.8, 4) is 0 Å². The zero-order valence-electron chi connectivity index (χ0n) is 10.8. The zero-order chi connectivity index (χ0) is 13.5. The van der Waals surface area contributed by atoms with E-state index in [2.05, 4.69) is 11.9 Å². The van der Waals surface area contributed by atoms with Gasteiger partial charge in [-0.15, -0.1) is 0 Å². The van der Waals surface area contributed by atoms with Gasteiger partial charge in [-0.2, -0.15) is 4.31 Å². The summed E-state index contributed by atoms with van der Waals surface area (Å²) < 4.78 is 28.1. The molecule has 0 saturated carbocycles. The highest BCUT2D eigenvalue weighted by atomic mass is 35.5. The first-order chi connectivity index (χ1) is 8.35. The van der Waals surface area contributed by atoms with Crippen LogP contribution in [-0.2, 0) is 17.1 Å². The Labute approximate surface area is 113 Å². The van der Waals surface area contributed by atoms with Gasteiger partial charge in [-0.3, -0.25) is 0 Å². The van der Waals surface area contributed by atoms with E-state index < -0.39 is 10.0 Å². The lowest BCUT2D eigenvalue weighted by molar-refractivity contribution is 0.202. The minimum absolute atomic E-state index is 0.0122. The van der Waals surface area contributed by atoms with Crippen molar-refractivity contribution < 1.29 is 8.42 Å². The van der Waals surface area contributed by atoms with Crippen LogP contribution in [0, 0.1) is 5.92 Å². The first-order valence-electron chi connectivity index (χ1n) is 6.04. The molecule has 0 spiro atoms. The van der Waals surface area contributed by atoms with Gasteiger partial charge in [-0.25, -0.2) is 13.4 Å². The van der Waals surface area contributed by atoms with E-state index in [9.17, 15) is 8.42 Å². The molecule has 0 aromatic carbocycles. The van der Waals surface area contributed by atoms with E-state index in [1.54, 1.807) is 7.05 Å². The molecule has 18 heavy (non-hydrogen) atoms. The number of imidazole rings is 1. The molecule has 102 valence electrons. The molecule has 1 fully saturated rings. The fourth-order valence-electron chi connectivity index (χ4n) is 2.31. The molecule has 0 amide bonds. The Morgan fingerprint density at radius 3 is 2.67 bits per heavy atom. The molecule has 2 atom stereocenters. The van der Waals surface area contributed by atoms with Crippen molar-refractivity contribution in [1.82, 2.24) is 13.9 Å². The molecule has 1 aromatic heterocycles. The Morgan fingerprint density at radius 2 is 2.11 bits per heavy atom. The average molecular weight is 292 g/mol. The Hall–Kier alpha value is -0.590. The highest BCUT2D eigenvalue weighted by Gasteiger charge is 2.37. The fraction of sp³-hybridized carbons (Fsp3) is 0.727. The second-order valence-corrected chi connectivity index (χ2v) is 7.09. The molecule has 0 radical (unpaired) electrons. The molecular formula is C11H18ClN3O2S. The summed E-state index contributed by atoms with van der Waals surface area (Å²) in [5.41, 5.74) is 0. The Balaban J connectivity index is 2.39. The summed E-state index contributed by atoms with van der Waals surface area (Å²) in [7, 11) is -1.91. The lowest BCUT2D eigenvalue weighted by Gasteiger charge is -2.36. The van der Waals surface area contributed by atoms with Gasteiger partial charge in [-0.1, -0.05) is 18.5 Å². The molecular weight excluding hydrogens is 274 g/mol. The van der Waals surface area contributed by atoms with Crippen LogP contribution >= 0.6 is 11.6 Å². The van der Waals surface area contributed by atoms with Crippen LogP contribution in [-0.4, -0.2) is 34.9 Å². The largest absolute Gasteiger partial charge is 0.324 e. The van der Waals surface area contributed by atoms with Crippen LogP contribution in [0.15, 0.2) is 11.4 Å². The van der Waals surface area contributed by atoms with Crippen LogP contribution < -0.4 is 0 Å². The van der Waals surface area contributed by atoms with Gasteiger partial charge < -0.3 is 4.57 Å². The number of aromatic nitrogens is 2. The summed E-state index contributed by atoms with van der Waals surface area (Å²) in [5.74, 6) is 0.357. The summed E-state index contributed by atoms with van der Waals surface area (Å²) >= 11 is 5.99. The maximum Gasteiger partial charge on any atom is 0.263 e. The maximum absolute atomic E-state index is 12.5. The van der Waals surface area contributed by atoms with Crippen LogP contribution in [0.2, 0.25) is 5.15 Å². The van der Waals surface area contributed by atoms with Crippen LogP contribution in [0.1, 0.15) is 26.7 Å². The first-order valence-corrected chi connectivity index (χ1v) is 7.86. The van der Waals surface area contributed by atoms with Crippen molar-refractivity contribution in [2.24, 2.45) is 13.0 Å². The number of nitrogens with zero attached hydrogens (tertiary/aromatic N) is 3. The normalized spacial score (nSPS) is 26.4. The number of piperidine rings is 1. The molecule has 2 unspecified atom stereocenters. The number of hydrogen-bond acceptors (Lipinski definition) is 3. The predicted molar refractivity (Wildman–Crippen MR) is 70.0 cm³/mol. The second-order valence-electron chi connectivity index (χ2n) is 4.93. The van der Waals surface area contributed by atoms with Crippen molar-refractivity contribution >= 4 is 21.6 Å². The lowest BCUT2D eigenvalue weighted by atomic mass is 9.94. The molecule has 0 aliphatic carbocycles. The summed E-state index contributed by atoms with van der Waals surface area (Å²) in [4.78, 5) is 3.92. The van der Waals surface area contributed by atoms with Gasteiger partial charge >= 0.3 is 0 Å². The fourth-order valence-corrected chi connectivity index (χ4v) is 4.47. The summed E-state index contributed by atoms with van der Waals surface area (Å²) in [6, 6.07) is -0.0122. The summed E-state index contributed by atoms with van der Waals surface area (Å²) in [5, 5.41) is 0.132. The van der Waals surface area contributed by atoms with Crippen LogP contribution in [0.5, 0.6) is 0 Å². The van der Waals surface area contributed by atoms with Crippen LogP contribution in [0.25, 0.3) is 0 Å². The van der Waals surface area contributed by atoms with Crippen LogP contribution in [0.4, 0.5) is 0 Å². The highest BCUT2D eigenvalue weighted by Crippen LogP contribution is 2.30. The number of sulfonamides is 1. The van der Waals surface area contributed by atoms with E-state index >= 15 is 0 Å². The molecule has 7 heteroatoms. The minimum Gasteiger partial charge on any atom is -0.324 e. The van der Waals surface area contributed by atoms with Crippen molar-refractivity contribution in [2.45, 2.75) is 37.8 Å². The molecule has 1 aromatic rings. The third kappa shape index (κ3) is 2.17. The van der Waals surface area contributed by atoms with Gasteiger partial charge in [0.25, 0.3) is 10.0 Å². The van der Waals surface area contributed by atoms with E-state index in [0.717, 1.165) is 12.8 Å². The average Bonchev–Trinajstić information content (AvgIpc) is 2.64. The monoisotopic (exact) mass is 291 g/mol. The second kappa shape index (κ2) is 4.83. The van der Waals surface area contributed by atoms with Crippen molar-refractivity contribution in [3.05, 3.63) is 11.5 Å².